The van der Waals surface area contributed by atoms with Gasteiger partial charge in [0.1, 0.15) is 0 Å². The van der Waals surface area contributed by atoms with Crippen LogP contribution in [0.3, 0.4) is 0 Å². The maximum Gasteiger partial charge on any atom is 0.243 e. The SMILES string of the molecule is CN(C)c1ccc([C@@H](CO)CCCCCC(=O)NO)cc1. The van der Waals surface area contributed by atoms with Gasteiger partial charge in [-0.2, -0.15) is 0 Å². The van der Waals surface area contributed by atoms with E-state index in [4.69, 9.17) is 5.21 Å². The van der Waals surface area contributed by atoms with Crippen molar-refractivity contribution in [2.24, 2.45) is 0 Å². The molecule has 1 aromatic carbocycles. The van der Waals surface area contributed by atoms with E-state index in [-0.39, 0.29) is 18.4 Å². The predicted octanol–water partition coefficient (Wildman–Crippen LogP) is 2.28. The van der Waals surface area contributed by atoms with Gasteiger partial charge in [-0.15, -0.1) is 0 Å². The van der Waals surface area contributed by atoms with E-state index >= 15 is 0 Å². The van der Waals surface area contributed by atoms with Crippen LogP contribution in [0.1, 0.15) is 43.6 Å². The van der Waals surface area contributed by atoms with E-state index in [2.05, 4.69) is 24.3 Å². The van der Waals surface area contributed by atoms with Crippen molar-refractivity contribution in [1.29, 1.82) is 0 Å². The van der Waals surface area contributed by atoms with Gasteiger partial charge in [-0.1, -0.05) is 25.0 Å². The predicted molar refractivity (Wildman–Crippen MR) is 83.6 cm³/mol. The molecule has 1 atom stereocenters. The molecule has 118 valence electrons. The van der Waals surface area contributed by atoms with Crippen molar-refractivity contribution in [2.75, 3.05) is 25.6 Å². The summed E-state index contributed by atoms with van der Waals surface area (Å²) in [7, 11) is 4.00. The molecule has 1 amide bonds. The Morgan fingerprint density at radius 2 is 1.86 bits per heavy atom. The van der Waals surface area contributed by atoms with E-state index < -0.39 is 0 Å². The Hall–Kier alpha value is -1.59. The van der Waals surface area contributed by atoms with Crippen LogP contribution < -0.4 is 10.4 Å². The lowest BCUT2D eigenvalue weighted by Gasteiger charge is -2.17. The van der Waals surface area contributed by atoms with Crippen LogP contribution in [-0.2, 0) is 4.79 Å². The highest BCUT2D eigenvalue weighted by atomic mass is 16.5. The topological polar surface area (TPSA) is 72.8 Å². The number of rotatable bonds is 9. The number of unbranched alkanes of at least 4 members (excludes halogenated alkanes) is 2. The molecule has 0 heterocycles. The van der Waals surface area contributed by atoms with E-state index in [9.17, 15) is 9.90 Å². The van der Waals surface area contributed by atoms with Crippen molar-refractivity contribution >= 4 is 11.6 Å². The van der Waals surface area contributed by atoms with Crippen molar-refractivity contribution in [2.45, 2.75) is 38.0 Å². The number of benzene rings is 1. The van der Waals surface area contributed by atoms with Gasteiger partial charge in [0.25, 0.3) is 0 Å². The first-order valence-corrected chi connectivity index (χ1v) is 7.39. The number of amides is 1. The Balaban J connectivity index is 2.38. The first-order valence-electron chi connectivity index (χ1n) is 7.39. The Morgan fingerprint density at radius 1 is 1.19 bits per heavy atom. The van der Waals surface area contributed by atoms with Crippen LogP contribution in [-0.4, -0.2) is 36.9 Å². The third-order valence-electron chi connectivity index (χ3n) is 3.68. The molecule has 5 heteroatoms. The van der Waals surface area contributed by atoms with E-state index in [1.807, 2.05) is 19.0 Å². The second kappa shape index (κ2) is 9.37. The number of aliphatic hydroxyl groups is 1. The van der Waals surface area contributed by atoms with Crippen molar-refractivity contribution in [3.05, 3.63) is 29.8 Å². The third-order valence-corrected chi connectivity index (χ3v) is 3.68. The summed E-state index contributed by atoms with van der Waals surface area (Å²) in [6.07, 6.45) is 3.87. The zero-order valence-corrected chi connectivity index (χ0v) is 12.9. The summed E-state index contributed by atoms with van der Waals surface area (Å²) in [5.74, 6) is -0.194. The van der Waals surface area contributed by atoms with Crippen molar-refractivity contribution in [3.8, 4) is 0 Å². The van der Waals surface area contributed by atoms with Gasteiger partial charge < -0.3 is 10.0 Å². The van der Waals surface area contributed by atoms with Gasteiger partial charge in [0.05, 0.1) is 0 Å². The molecule has 0 aliphatic heterocycles. The van der Waals surface area contributed by atoms with Crippen molar-refractivity contribution in [3.63, 3.8) is 0 Å². The molecule has 21 heavy (non-hydrogen) atoms. The number of hydrogen-bond donors (Lipinski definition) is 3. The highest BCUT2D eigenvalue weighted by Crippen LogP contribution is 2.24. The normalized spacial score (nSPS) is 12.0. The van der Waals surface area contributed by atoms with Crippen LogP contribution in [0.4, 0.5) is 5.69 Å². The molecule has 1 rings (SSSR count). The molecule has 0 saturated heterocycles. The van der Waals surface area contributed by atoms with Crippen LogP contribution in [0.5, 0.6) is 0 Å². The lowest BCUT2D eigenvalue weighted by Crippen LogP contribution is -2.17. The number of hydrogen-bond acceptors (Lipinski definition) is 4. The molecular formula is C16H26N2O3. The third kappa shape index (κ3) is 6.14. The number of nitrogens with zero attached hydrogens (tertiary/aromatic N) is 1. The van der Waals surface area contributed by atoms with Gasteiger partial charge in [0.15, 0.2) is 0 Å². The molecule has 0 unspecified atom stereocenters. The molecule has 0 aliphatic carbocycles. The number of carbonyl (C=O) groups is 1. The molecule has 0 radical (unpaired) electrons. The highest BCUT2D eigenvalue weighted by Gasteiger charge is 2.10. The van der Waals surface area contributed by atoms with Crippen molar-refractivity contribution < 1.29 is 15.1 Å². The molecule has 1 aromatic rings. The van der Waals surface area contributed by atoms with Crippen LogP contribution in [0, 0.1) is 0 Å². The molecule has 0 spiro atoms. The van der Waals surface area contributed by atoms with Gasteiger partial charge in [0, 0.05) is 38.7 Å². The molecule has 0 aliphatic rings. The zero-order chi connectivity index (χ0) is 15.7. The second-order valence-corrected chi connectivity index (χ2v) is 5.50. The minimum Gasteiger partial charge on any atom is -0.396 e. The second-order valence-electron chi connectivity index (χ2n) is 5.50. The zero-order valence-electron chi connectivity index (χ0n) is 12.9. The lowest BCUT2D eigenvalue weighted by molar-refractivity contribution is -0.129. The monoisotopic (exact) mass is 294 g/mol. The van der Waals surface area contributed by atoms with Crippen LogP contribution in [0.15, 0.2) is 24.3 Å². The standard InChI is InChI=1S/C16H26N2O3/c1-18(2)15-10-8-13(9-11-15)14(12-19)6-4-3-5-7-16(20)17-21/h8-11,14,19,21H,3-7,12H2,1-2H3,(H,17,20)/t14-/m1/s1. The fourth-order valence-corrected chi connectivity index (χ4v) is 2.32. The summed E-state index contributed by atoms with van der Waals surface area (Å²) < 4.78 is 0. The number of carbonyl (C=O) groups excluding carboxylic acids is 1. The maximum absolute atomic E-state index is 10.9. The molecular weight excluding hydrogens is 268 g/mol. The van der Waals surface area contributed by atoms with Gasteiger partial charge in [-0.25, -0.2) is 5.48 Å². The first-order chi connectivity index (χ1) is 10.1. The fraction of sp³-hybridized carbons (Fsp3) is 0.562. The summed E-state index contributed by atoms with van der Waals surface area (Å²) in [6.45, 7) is 0.137. The minimum absolute atomic E-state index is 0.137. The van der Waals surface area contributed by atoms with E-state index in [1.54, 1.807) is 5.48 Å². The smallest absolute Gasteiger partial charge is 0.243 e. The van der Waals surface area contributed by atoms with Crippen LogP contribution >= 0.6 is 0 Å². The summed E-state index contributed by atoms with van der Waals surface area (Å²) in [5.41, 5.74) is 3.93. The molecule has 0 fully saturated rings. The maximum atomic E-state index is 10.9. The van der Waals surface area contributed by atoms with Gasteiger partial charge >= 0.3 is 0 Å². The first kappa shape index (κ1) is 17.5. The molecule has 0 bridgehead atoms. The van der Waals surface area contributed by atoms with Gasteiger partial charge in [0.2, 0.25) is 5.91 Å². The molecule has 5 nitrogen and oxygen atoms in total. The Morgan fingerprint density at radius 3 is 2.38 bits per heavy atom. The van der Waals surface area contributed by atoms with Gasteiger partial charge in [-0.05, 0) is 30.5 Å². The Kier molecular flexibility index (Phi) is 7.79. The summed E-state index contributed by atoms with van der Waals surface area (Å²) in [4.78, 5) is 12.9. The average Bonchev–Trinajstić information content (AvgIpc) is 2.50. The van der Waals surface area contributed by atoms with Crippen molar-refractivity contribution in [1.82, 2.24) is 5.48 Å². The fourth-order valence-electron chi connectivity index (χ4n) is 2.32. The minimum atomic E-state index is -0.340. The van der Waals surface area contributed by atoms with E-state index in [1.165, 1.54) is 0 Å². The van der Waals surface area contributed by atoms with Crippen LogP contribution in [0.25, 0.3) is 0 Å². The van der Waals surface area contributed by atoms with E-state index in [0.29, 0.717) is 6.42 Å². The Labute approximate surface area is 126 Å². The molecule has 0 saturated carbocycles. The van der Waals surface area contributed by atoms with E-state index in [0.717, 1.165) is 36.9 Å². The summed E-state index contributed by atoms with van der Waals surface area (Å²) in [6, 6.07) is 8.25. The number of aliphatic hydroxyl groups excluding tert-OH is 1. The summed E-state index contributed by atoms with van der Waals surface area (Å²) >= 11 is 0. The largest absolute Gasteiger partial charge is 0.396 e. The molecule has 0 aromatic heterocycles. The summed E-state index contributed by atoms with van der Waals surface area (Å²) in [5, 5.41) is 17.9. The van der Waals surface area contributed by atoms with Crippen LogP contribution in [0.2, 0.25) is 0 Å². The quantitative estimate of drug-likeness (QED) is 0.371. The lowest BCUT2D eigenvalue weighted by atomic mass is 9.93. The van der Waals surface area contributed by atoms with Gasteiger partial charge in [-0.3, -0.25) is 10.0 Å². The molecule has 3 N–H and O–H groups in total. The number of anilines is 1. The Bertz CT molecular complexity index is 418. The highest BCUT2D eigenvalue weighted by molar-refractivity contribution is 5.74. The average molecular weight is 294 g/mol. The number of nitrogens with one attached hydrogen (secondary N) is 1. The number of hydroxylamine groups is 1.